The molecule has 2 bridgehead atoms. The molecule has 5 heteroatoms. The van der Waals surface area contributed by atoms with Crippen LogP contribution in [0.1, 0.15) is 6.42 Å². The predicted molar refractivity (Wildman–Crippen MR) is 50.5 cm³/mol. The third kappa shape index (κ3) is 0.692. The van der Waals surface area contributed by atoms with Gasteiger partial charge in [-0.2, -0.15) is 0 Å². The minimum absolute atomic E-state index is 0.0635. The van der Waals surface area contributed by atoms with Gasteiger partial charge in [-0.25, -0.2) is 0 Å². The van der Waals surface area contributed by atoms with Crippen LogP contribution in [0.15, 0.2) is 0 Å². The van der Waals surface area contributed by atoms with E-state index in [2.05, 4.69) is 0 Å². The fourth-order valence-corrected chi connectivity index (χ4v) is 5.25. The number of ether oxygens (including phenoxy) is 4. The average molecular weight is 228 g/mol. The van der Waals surface area contributed by atoms with Gasteiger partial charge in [0.05, 0.1) is 0 Å². The lowest BCUT2D eigenvalue weighted by Gasteiger charge is -2.34. The summed E-state index contributed by atoms with van der Waals surface area (Å²) in [5.74, 6) is 2.09. The molecule has 1 saturated carbocycles. The smallest absolute Gasteiger partial charge is 0.226 e. The molecule has 8 atom stereocenters. The maximum atomic E-state index is 5.99. The predicted octanol–water partition coefficient (Wildman–Crippen LogP) is 0.971. The topological polar surface area (TPSA) is 36.9 Å². The van der Waals surface area contributed by atoms with Crippen molar-refractivity contribution in [3.63, 3.8) is 0 Å². The maximum Gasteiger partial charge on any atom is 0.226 e. The van der Waals surface area contributed by atoms with Crippen LogP contribution in [0, 0.1) is 23.7 Å². The molecule has 4 nitrogen and oxygen atoms in total. The fourth-order valence-electron chi connectivity index (χ4n) is 4.26. The Balaban J connectivity index is 1.74. The zero-order valence-corrected chi connectivity index (χ0v) is 9.11. The second-order valence-electron chi connectivity index (χ2n) is 5.09. The second kappa shape index (κ2) is 2.24. The number of hydrogen-bond acceptors (Lipinski definition) is 5. The van der Waals surface area contributed by atoms with Gasteiger partial charge in [0.25, 0.3) is 0 Å². The Morgan fingerprint density at radius 1 is 1.07 bits per heavy atom. The minimum atomic E-state index is -0.467. The van der Waals surface area contributed by atoms with Crippen LogP contribution in [0.25, 0.3) is 0 Å². The molecule has 4 heterocycles. The van der Waals surface area contributed by atoms with Gasteiger partial charge < -0.3 is 18.9 Å². The van der Waals surface area contributed by atoms with Gasteiger partial charge in [0.15, 0.2) is 18.9 Å². The lowest BCUT2D eigenvalue weighted by molar-refractivity contribution is -0.358. The summed E-state index contributed by atoms with van der Waals surface area (Å²) in [6.07, 6.45) is 3.02. The molecular weight excluding hydrogens is 216 g/mol. The first-order valence-electron chi connectivity index (χ1n) is 5.54. The zero-order valence-electron chi connectivity index (χ0n) is 8.29. The second-order valence-corrected chi connectivity index (χ2v) is 6.06. The third-order valence-electron chi connectivity index (χ3n) is 4.72. The van der Waals surface area contributed by atoms with Crippen LogP contribution in [-0.2, 0) is 18.9 Å². The standard InChI is InChI=1S/C10H12O4S/c1-15-10-6-4-2-3-5(6)9(14-10)12-7(3)11-8(4)13-10/h3-9H,2H2,1H3/t3-,4+,5-,6-,7+,8-,9+,10+/m1/s1. The molecule has 0 amide bonds. The van der Waals surface area contributed by atoms with Gasteiger partial charge in [-0.3, -0.25) is 0 Å². The number of thioether (sulfide) groups is 1. The molecule has 5 aliphatic rings. The van der Waals surface area contributed by atoms with Crippen molar-refractivity contribution in [2.45, 2.75) is 30.4 Å². The van der Waals surface area contributed by atoms with Crippen LogP contribution in [0.3, 0.4) is 0 Å². The van der Waals surface area contributed by atoms with E-state index in [1.165, 1.54) is 6.42 Å². The summed E-state index contributed by atoms with van der Waals surface area (Å²) in [5.41, 5.74) is 0. The molecule has 15 heavy (non-hydrogen) atoms. The molecule has 0 radical (unpaired) electrons. The molecule has 1 aliphatic carbocycles. The van der Waals surface area contributed by atoms with Crippen LogP contribution in [-0.4, -0.2) is 30.2 Å². The Morgan fingerprint density at radius 2 is 1.87 bits per heavy atom. The minimum Gasteiger partial charge on any atom is -0.323 e. The van der Waals surface area contributed by atoms with Crippen molar-refractivity contribution in [2.75, 3.05) is 6.26 Å². The highest BCUT2D eigenvalue weighted by molar-refractivity contribution is 7.99. The summed E-state index contributed by atoms with van der Waals surface area (Å²) >= 11 is 1.66. The van der Waals surface area contributed by atoms with E-state index < -0.39 is 5.12 Å². The van der Waals surface area contributed by atoms with Crippen molar-refractivity contribution in [1.29, 1.82) is 0 Å². The Bertz CT molecular complexity index is 344. The van der Waals surface area contributed by atoms with Gasteiger partial charge in [0.1, 0.15) is 0 Å². The van der Waals surface area contributed by atoms with E-state index >= 15 is 0 Å². The van der Waals surface area contributed by atoms with Gasteiger partial charge in [0.2, 0.25) is 5.12 Å². The normalized spacial score (nSPS) is 72.2. The van der Waals surface area contributed by atoms with E-state index in [1.807, 2.05) is 6.26 Å². The Morgan fingerprint density at radius 3 is 2.73 bits per heavy atom. The van der Waals surface area contributed by atoms with Crippen molar-refractivity contribution in [3.05, 3.63) is 0 Å². The Kier molecular flexibility index (Phi) is 1.24. The highest BCUT2D eigenvalue weighted by atomic mass is 32.2. The summed E-state index contributed by atoms with van der Waals surface area (Å²) in [7, 11) is 0. The van der Waals surface area contributed by atoms with Crippen LogP contribution in [0.2, 0.25) is 0 Å². The molecule has 0 spiro atoms. The molecular formula is C10H12O4S. The van der Waals surface area contributed by atoms with E-state index in [-0.39, 0.29) is 18.9 Å². The molecule has 4 aliphatic heterocycles. The van der Waals surface area contributed by atoms with E-state index in [0.717, 1.165) is 0 Å². The van der Waals surface area contributed by atoms with Crippen LogP contribution >= 0.6 is 11.8 Å². The van der Waals surface area contributed by atoms with E-state index in [4.69, 9.17) is 18.9 Å². The fraction of sp³-hybridized carbons (Fsp3) is 1.00. The summed E-state index contributed by atoms with van der Waals surface area (Å²) in [5, 5.41) is -0.467. The highest BCUT2D eigenvalue weighted by Gasteiger charge is 2.77. The highest BCUT2D eigenvalue weighted by Crippen LogP contribution is 2.70. The van der Waals surface area contributed by atoms with E-state index in [1.54, 1.807) is 11.8 Å². The SMILES string of the molecule is CS[C@@]12O[C@H]3O[C@H]4O[C@@H](O1)[C@@H]1[C@H]4C[C@H]3[C@H]12. The van der Waals surface area contributed by atoms with Crippen molar-refractivity contribution in [1.82, 2.24) is 0 Å². The summed E-state index contributed by atoms with van der Waals surface area (Å²) in [4.78, 5) is 0. The third-order valence-corrected chi connectivity index (χ3v) is 5.75. The zero-order chi connectivity index (χ0) is 9.78. The quantitative estimate of drug-likeness (QED) is 0.668. The maximum absolute atomic E-state index is 5.99. The summed E-state index contributed by atoms with van der Waals surface area (Å²) in [6, 6.07) is 0. The van der Waals surface area contributed by atoms with Crippen LogP contribution in [0.4, 0.5) is 0 Å². The van der Waals surface area contributed by atoms with Gasteiger partial charge in [-0.05, 0) is 12.7 Å². The molecule has 0 aromatic rings. The molecule has 82 valence electrons. The number of hydrogen-bond donors (Lipinski definition) is 0. The largest absolute Gasteiger partial charge is 0.323 e. The molecule has 5 fully saturated rings. The molecule has 0 N–H and O–H groups in total. The van der Waals surface area contributed by atoms with Gasteiger partial charge in [-0.1, -0.05) is 0 Å². The molecule has 0 aromatic heterocycles. The van der Waals surface area contributed by atoms with Crippen molar-refractivity contribution >= 4 is 11.8 Å². The number of rotatable bonds is 1. The Hall–Kier alpha value is 0.190. The first-order chi connectivity index (χ1) is 7.32. The van der Waals surface area contributed by atoms with Crippen molar-refractivity contribution in [2.24, 2.45) is 23.7 Å². The van der Waals surface area contributed by atoms with E-state index in [0.29, 0.717) is 23.7 Å². The first-order valence-corrected chi connectivity index (χ1v) is 6.76. The Labute approximate surface area is 91.6 Å². The average Bonchev–Trinajstić information content (AvgIpc) is 2.86. The molecule has 0 aromatic carbocycles. The molecule has 5 rings (SSSR count). The van der Waals surface area contributed by atoms with Gasteiger partial charge in [0, 0.05) is 23.7 Å². The monoisotopic (exact) mass is 228 g/mol. The van der Waals surface area contributed by atoms with Gasteiger partial charge >= 0.3 is 0 Å². The van der Waals surface area contributed by atoms with Crippen LogP contribution in [0.5, 0.6) is 0 Å². The van der Waals surface area contributed by atoms with E-state index in [9.17, 15) is 0 Å². The van der Waals surface area contributed by atoms with Crippen molar-refractivity contribution < 1.29 is 18.9 Å². The summed E-state index contributed by atoms with van der Waals surface area (Å²) in [6.45, 7) is 0. The van der Waals surface area contributed by atoms with Gasteiger partial charge in [-0.15, -0.1) is 11.8 Å². The first kappa shape index (κ1) is 8.31. The summed E-state index contributed by atoms with van der Waals surface area (Å²) < 4.78 is 23.6. The van der Waals surface area contributed by atoms with Crippen molar-refractivity contribution in [3.8, 4) is 0 Å². The molecule has 4 saturated heterocycles. The lowest BCUT2D eigenvalue weighted by Crippen LogP contribution is -2.40. The van der Waals surface area contributed by atoms with Crippen LogP contribution < -0.4 is 0 Å². The molecule has 0 unspecified atom stereocenters. The lowest BCUT2D eigenvalue weighted by atomic mass is 9.91.